The fourth-order valence-corrected chi connectivity index (χ4v) is 3.75. The number of rotatable bonds is 6. The van der Waals surface area contributed by atoms with E-state index < -0.39 is 0 Å². The van der Waals surface area contributed by atoms with Crippen LogP contribution in [-0.2, 0) is 29.1 Å². The number of hydrogen-bond donors (Lipinski definition) is 3. The Morgan fingerprint density at radius 3 is 2.71 bits per heavy atom. The van der Waals surface area contributed by atoms with Gasteiger partial charge in [-0.2, -0.15) is 5.10 Å². The molecule has 158 valence electrons. The Balaban J connectivity index is 0.00000280. The molecule has 1 fully saturated rings. The number of methoxy groups -OCH3 is 1. The minimum absolute atomic E-state index is 0. The predicted molar refractivity (Wildman–Crippen MR) is 118 cm³/mol. The Morgan fingerprint density at radius 1 is 1.21 bits per heavy atom. The number of nitrogens with one attached hydrogen (secondary N) is 3. The largest absolute Gasteiger partial charge is 0.377 e. The van der Waals surface area contributed by atoms with Crippen LogP contribution in [0.15, 0.2) is 4.99 Å². The van der Waals surface area contributed by atoms with E-state index in [9.17, 15) is 4.79 Å². The van der Waals surface area contributed by atoms with Gasteiger partial charge in [-0.1, -0.05) is 19.3 Å². The Kier molecular flexibility index (Phi) is 9.42. The third-order valence-electron chi connectivity index (χ3n) is 5.13. The maximum atomic E-state index is 12.2. The summed E-state index contributed by atoms with van der Waals surface area (Å²) in [7, 11) is 3.36. The van der Waals surface area contributed by atoms with E-state index in [1.54, 1.807) is 14.2 Å². The molecule has 1 atom stereocenters. The summed E-state index contributed by atoms with van der Waals surface area (Å²) in [5, 5.41) is 14.1. The highest BCUT2D eigenvalue weighted by Crippen LogP contribution is 2.17. The van der Waals surface area contributed by atoms with Crippen molar-refractivity contribution >= 4 is 35.8 Å². The second kappa shape index (κ2) is 11.5. The van der Waals surface area contributed by atoms with Gasteiger partial charge in [0.1, 0.15) is 12.4 Å². The van der Waals surface area contributed by atoms with Crippen molar-refractivity contribution in [3.63, 3.8) is 0 Å². The first-order valence-corrected chi connectivity index (χ1v) is 9.86. The molecule has 0 spiro atoms. The lowest BCUT2D eigenvalue weighted by atomic mass is 9.95. The average Bonchev–Trinajstić information content (AvgIpc) is 3.08. The molecule has 1 saturated carbocycles. The van der Waals surface area contributed by atoms with E-state index in [2.05, 4.69) is 31.0 Å². The third-order valence-corrected chi connectivity index (χ3v) is 5.13. The lowest BCUT2D eigenvalue weighted by Gasteiger charge is -2.26. The standard InChI is InChI=1S/C18H31N7O2.HI/c1-19-18(20-10-17(26)21-13-6-4-3-5-7-13)22-14-8-9-16-23-15(12-27-2)24-25(16)11-14;/h13-14H,3-12H2,1-2H3,(H,21,26)(H2,19,20,22);1H. The van der Waals surface area contributed by atoms with Crippen LogP contribution in [0, 0.1) is 0 Å². The van der Waals surface area contributed by atoms with Crippen molar-refractivity contribution in [2.24, 2.45) is 4.99 Å². The number of hydrogen-bond acceptors (Lipinski definition) is 5. The van der Waals surface area contributed by atoms with Gasteiger partial charge in [-0.3, -0.25) is 9.79 Å². The van der Waals surface area contributed by atoms with Gasteiger partial charge in [0.2, 0.25) is 5.91 Å². The van der Waals surface area contributed by atoms with Gasteiger partial charge < -0.3 is 20.7 Å². The second-order valence-corrected chi connectivity index (χ2v) is 7.27. The van der Waals surface area contributed by atoms with Gasteiger partial charge in [-0.25, -0.2) is 9.67 Å². The SMILES string of the molecule is CN=C(NCC(=O)NC1CCCCC1)NC1CCc2nc(COC)nn2C1.I. The number of carbonyl (C=O) groups excluding carboxylic acids is 1. The van der Waals surface area contributed by atoms with Gasteiger partial charge >= 0.3 is 0 Å². The molecule has 3 N–H and O–H groups in total. The summed E-state index contributed by atoms with van der Waals surface area (Å²) in [6, 6.07) is 0.524. The lowest BCUT2D eigenvalue weighted by Crippen LogP contribution is -2.50. The van der Waals surface area contributed by atoms with Gasteiger partial charge in [-0.05, 0) is 19.3 Å². The van der Waals surface area contributed by atoms with Crippen molar-refractivity contribution in [2.75, 3.05) is 20.7 Å². The van der Waals surface area contributed by atoms with Crippen molar-refractivity contribution in [3.8, 4) is 0 Å². The smallest absolute Gasteiger partial charge is 0.239 e. The first-order chi connectivity index (χ1) is 13.2. The molecule has 0 radical (unpaired) electrons. The molecule has 2 heterocycles. The summed E-state index contributed by atoms with van der Waals surface area (Å²) in [6.45, 7) is 1.38. The van der Waals surface area contributed by atoms with E-state index in [0.29, 0.717) is 18.6 Å². The number of aryl methyl sites for hydroxylation is 1. The summed E-state index contributed by atoms with van der Waals surface area (Å²) in [5.74, 6) is 2.38. The molecule has 0 bridgehead atoms. The van der Waals surface area contributed by atoms with E-state index >= 15 is 0 Å². The van der Waals surface area contributed by atoms with Crippen molar-refractivity contribution in [3.05, 3.63) is 11.6 Å². The van der Waals surface area contributed by atoms with E-state index in [1.807, 2.05) is 4.68 Å². The Labute approximate surface area is 183 Å². The van der Waals surface area contributed by atoms with Crippen molar-refractivity contribution in [2.45, 2.75) is 70.2 Å². The van der Waals surface area contributed by atoms with Crippen molar-refractivity contribution in [1.82, 2.24) is 30.7 Å². The number of amides is 1. The summed E-state index contributed by atoms with van der Waals surface area (Å²) in [5.41, 5.74) is 0. The van der Waals surface area contributed by atoms with Crippen LogP contribution in [-0.4, -0.2) is 59.4 Å². The van der Waals surface area contributed by atoms with E-state index in [1.165, 1.54) is 19.3 Å². The molecule has 0 saturated heterocycles. The third kappa shape index (κ3) is 6.57. The van der Waals surface area contributed by atoms with Gasteiger partial charge in [0.05, 0.1) is 13.1 Å². The lowest BCUT2D eigenvalue weighted by molar-refractivity contribution is -0.120. The van der Waals surface area contributed by atoms with Gasteiger partial charge in [0.15, 0.2) is 11.8 Å². The number of fused-ring (bicyclic) bond motifs is 1. The summed E-state index contributed by atoms with van der Waals surface area (Å²) in [4.78, 5) is 20.9. The zero-order chi connectivity index (χ0) is 19.1. The van der Waals surface area contributed by atoms with Crippen LogP contribution in [0.4, 0.5) is 0 Å². The summed E-state index contributed by atoms with van der Waals surface area (Å²) >= 11 is 0. The van der Waals surface area contributed by atoms with Crippen molar-refractivity contribution < 1.29 is 9.53 Å². The second-order valence-electron chi connectivity index (χ2n) is 7.27. The number of nitrogens with zero attached hydrogens (tertiary/aromatic N) is 4. The summed E-state index contributed by atoms with van der Waals surface area (Å²) in [6.07, 6.45) is 7.67. The molecule has 1 unspecified atom stereocenters. The average molecular weight is 505 g/mol. The predicted octanol–water partition coefficient (Wildman–Crippen LogP) is 0.971. The maximum Gasteiger partial charge on any atom is 0.239 e. The molecule has 1 aromatic heterocycles. The molecule has 28 heavy (non-hydrogen) atoms. The zero-order valence-corrected chi connectivity index (χ0v) is 19.1. The van der Waals surface area contributed by atoms with Crippen LogP contribution in [0.25, 0.3) is 0 Å². The zero-order valence-electron chi connectivity index (χ0n) is 16.7. The Bertz CT molecular complexity index is 658. The first kappa shape index (κ1) is 22.9. The van der Waals surface area contributed by atoms with Crippen LogP contribution in [0.3, 0.4) is 0 Å². The van der Waals surface area contributed by atoms with E-state index in [0.717, 1.165) is 43.9 Å². The minimum Gasteiger partial charge on any atom is -0.377 e. The number of halogens is 1. The maximum absolute atomic E-state index is 12.2. The van der Waals surface area contributed by atoms with Crippen LogP contribution >= 0.6 is 24.0 Å². The molecule has 1 aliphatic carbocycles. The Hall–Kier alpha value is -1.43. The van der Waals surface area contributed by atoms with Crippen LogP contribution in [0.1, 0.15) is 50.2 Å². The first-order valence-electron chi connectivity index (χ1n) is 9.86. The fraction of sp³-hybridized carbons (Fsp3) is 0.778. The molecular weight excluding hydrogens is 473 g/mol. The van der Waals surface area contributed by atoms with Crippen molar-refractivity contribution in [1.29, 1.82) is 0 Å². The highest BCUT2D eigenvalue weighted by molar-refractivity contribution is 14.0. The quantitative estimate of drug-likeness (QED) is 0.303. The molecule has 10 heteroatoms. The summed E-state index contributed by atoms with van der Waals surface area (Å²) < 4.78 is 7.03. The number of ether oxygens (including phenoxy) is 1. The fourth-order valence-electron chi connectivity index (χ4n) is 3.75. The molecule has 0 aromatic carbocycles. The molecule has 1 aromatic rings. The van der Waals surface area contributed by atoms with E-state index in [-0.39, 0.29) is 42.5 Å². The van der Waals surface area contributed by atoms with Gasteiger partial charge in [0.25, 0.3) is 0 Å². The minimum atomic E-state index is 0. The number of aliphatic imine (C=N–C) groups is 1. The van der Waals surface area contributed by atoms with Crippen LogP contribution in [0.2, 0.25) is 0 Å². The topological polar surface area (TPSA) is 105 Å². The van der Waals surface area contributed by atoms with E-state index in [4.69, 9.17) is 4.74 Å². The molecule has 1 aliphatic heterocycles. The number of guanidine groups is 1. The monoisotopic (exact) mass is 505 g/mol. The molecular formula is C18H32IN7O2. The highest BCUT2D eigenvalue weighted by Gasteiger charge is 2.22. The highest BCUT2D eigenvalue weighted by atomic mass is 127. The van der Waals surface area contributed by atoms with Crippen LogP contribution < -0.4 is 16.0 Å². The van der Waals surface area contributed by atoms with Gasteiger partial charge in [-0.15, -0.1) is 24.0 Å². The number of aromatic nitrogens is 3. The molecule has 1 amide bonds. The normalized spacial score (nSPS) is 20.1. The molecule has 3 rings (SSSR count). The molecule has 9 nitrogen and oxygen atoms in total. The Morgan fingerprint density at radius 2 is 2.00 bits per heavy atom. The van der Waals surface area contributed by atoms with Crippen LogP contribution in [0.5, 0.6) is 0 Å². The van der Waals surface area contributed by atoms with Gasteiger partial charge in [0, 0.05) is 32.7 Å². The molecule has 2 aliphatic rings. The number of carbonyl (C=O) groups is 1.